The lowest BCUT2D eigenvalue weighted by atomic mass is 9.82. The van der Waals surface area contributed by atoms with E-state index in [2.05, 4.69) is 10.3 Å². The first-order chi connectivity index (χ1) is 18.6. The quantitative estimate of drug-likeness (QED) is 0.258. The summed E-state index contributed by atoms with van der Waals surface area (Å²) in [6.45, 7) is -0.489. The third-order valence-corrected chi connectivity index (χ3v) is 9.76. The van der Waals surface area contributed by atoms with Crippen molar-refractivity contribution in [3.63, 3.8) is 0 Å². The number of sulfone groups is 1. The van der Waals surface area contributed by atoms with Crippen LogP contribution in [0.4, 0.5) is 4.39 Å². The highest BCUT2D eigenvalue weighted by Gasteiger charge is 2.57. The van der Waals surface area contributed by atoms with Crippen molar-refractivity contribution in [1.82, 2.24) is 10.3 Å². The summed E-state index contributed by atoms with van der Waals surface area (Å²) in [5.74, 6) is -3.31. The number of carboxylic acids is 1. The van der Waals surface area contributed by atoms with E-state index in [1.165, 1.54) is 36.4 Å². The van der Waals surface area contributed by atoms with Crippen molar-refractivity contribution < 1.29 is 27.5 Å². The zero-order valence-corrected chi connectivity index (χ0v) is 22.4. The van der Waals surface area contributed by atoms with Crippen LogP contribution in [0.25, 0.3) is 10.9 Å². The van der Waals surface area contributed by atoms with Crippen LogP contribution in [-0.4, -0.2) is 41.8 Å². The van der Waals surface area contributed by atoms with Crippen LogP contribution in [0.1, 0.15) is 33.6 Å². The predicted molar refractivity (Wildman–Crippen MR) is 146 cm³/mol. The van der Waals surface area contributed by atoms with Gasteiger partial charge in [0.05, 0.1) is 17.0 Å². The highest BCUT2D eigenvalue weighted by atomic mass is 35.5. The summed E-state index contributed by atoms with van der Waals surface area (Å²) in [7, 11) is -4.72. The number of hydrogen-bond donors (Lipinski definition) is 3. The molecule has 3 N–H and O–H groups in total. The number of fused-ring (bicyclic) bond motifs is 3. The first-order valence-electron chi connectivity index (χ1n) is 12.4. The number of carbonyl (C=O) groups is 2. The van der Waals surface area contributed by atoms with Gasteiger partial charge in [-0.05, 0) is 72.9 Å². The number of carboxylic acid groups (broad SMARTS) is 1. The monoisotopic (exact) mass is 568 g/mol. The average Bonchev–Trinajstić information content (AvgIpc) is 3.30. The van der Waals surface area contributed by atoms with Gasteiger partial charge in [0.2, 0.25) is 9.84 Å². The maximum absolute atomic E-state index is 17.2. The second-order valence-electron chi connectivity index (χ2n) is 9.71. The molecule has 0 saturated carbocycles. The van der Waals surface area contributed by atoms with Crippen molar-refractivity contribution >= 4 is 44.1 Å². The largest absolute Gasteiger partial charge is 0.478 e. The molecule has 1 heterocycles. The Hall–Kier alpha value is -3.53. The first kappa shape index (κ1) is 27.1. The fourth-order valence-corrected chi connectivity index (χ4v) is 7.39. The van der Waals surface area contributed by atoms with Crippen molar-refractivity contribution in [1.29, 1.82) is 0 Å². The molecule has 2 atom stereocenters. The number of aromatic carboxylic acids is 1. The van der Waals surface area contributed by atoms with E-state index in [-0.39, 0.29) is 29.8 Å². The summed E-state index contributed by atoms with van der Waals surface area (Å²) in [4.78, 5) is 27.8. The number of aromatic amines is 1. The molecule has 39 heavy (non-hydrogen) atoms. The zero-order chi connectivity index (χ0) is 27.8. The van der Waals surface area contributed by atoms with E-state index >= 15 is 4.39 Å². The number of alkyl halides is 1. The maximum atomic E-state index is 17.2. The van der Waals surface area contributed by atoms with Gasteiger partial charge in [0.15, 0.2) is 5.78 Å². The zero-order valence-electron chi connectivity index (χ0n) is 20.8. The van der Waals surface area contributed by atoms with E-state index in [1.54, 1.807) is 24.3 Å². The molecule has 2 unspecified atom stereocenters. The van der Waals surface area contributed by atoms with Gasteiger partial charge in [-0.15, -0.1) is 0 Å². The molecular weight excluding hydrogens is 543 g/mol. The number of hydrogen-bond acceptors (Lipinski definition) is 5. The van der Waals surface area contributed by atoms with Gasteiger partial charge in [-0.2, -0.15) is 0 Å². The third kappa shape index (κ3) is 4.97. The number of ketones is 1. The fraction of sp³-hybridized carbons (Fsp3) is 0.241. The number of carbonyl (C=O) groups excluding carboxylic acids is 1. The van der Waals surface area contributed by atoms with Crippen LogP contribution >= 0.6 is 11.6 Å². The molecule has 7 nitrogen and oxygen atoms in total. The molecule has 5 rings (SSSR count). The molecule has 3 aromatic carbocycles. The molecule has 10 heteroatoms. The smallest absolute Gasteiger partial charge is 0.335 e. The van der Waals surface area contributed by atoms with E-state index < -0.39 is 39.1 Å². The van der Waals surface area contributed by atoms with E-state index in [1.807, 2.05) is 12.1 Å². The number of Topliss-reactive ketones (excluding diaryl/α,β-unsaturated/α-hetero) is 1. The Morgan fingerprint density at radius 3 is 2.59 bits per heavy atom. The van der Waals surface area contributed by atoms with Crippen molar-refractivity contribution in [2.45, 2.75) is 35.7 Å². The summed E-state index contributed by atoms with van der Waals surface area (Å²) in [6, 6.07) is 18.7. The highest BCUT2D eigenvalue weighted by Crippen LogP contribution is 2.43. The van der Waals surface area contributed by atoms with Crippen LogP contribution in [0.3, 0.4) is 0 Å². The summed E-state index contributed by atoms with van der Waals surface area (Å²) in [5, 5.41) is 10.3. The Balaban J connectivity index is 1.45. The number of benzene rings is 3. The van der Waals surface area contributed by atoms with Gasteiger partial charge in [0.25, 0.3) is 5.00 Å². The molecule has 0 bridgehead atoms. The maximum Gasteiger partial charge on any atom is 0.335 e. The SMILES string of the molecule is O=C(O)c1cccc(CNCC(=O)C(F)(C2CCc3c([nH]c4ccc(Cl)cc34)C2)S(=O)(=O)c2ccccc2)c1. The number of nitrogens with one attached hydrogen (secondary N) is 2. The van der Waals surface area contributed by atoms with Crippen LogP contribution in [0.15, 0.2) is 77.7 Å². The molecule has 0 radical (unpaired) electrons. The minimum Gasteiger partial charge on any atom is -0.478 e. The Morgan fingerprint density at radius 2 is 1.85 bits per heavy atom. The number of H-pyrrole nitrogens is 1. The topological polar surface area (TPSA) is 116 Å². The van der Waals surface area contributed by atoms with Crippen molar-refractivity contribution in [2.75, 3.05) is 6.54 Å². The summed E-state index contributed by atoms with van der Waals surface area (Å²) >= 11 is 6.17. The third-order valence-electron chi connectivity index (χ3n) is 7.29. The van der Waals surface area contributed by atoms with Gasteiger partial charge < -0.3 is 15.4 Å². The summed E-state index contributed by atoms with van der Waals surface area (Å²) < 4.78 is 44.7. The standard InChI is InChI=1S/C29H26ClFN2O5S/c30-21-10-12-25-24(15-21)23-11-9-20(14-26(23)33-25)29(31,39(37,38)22-7-2-1-3-8-22)27(34)17-32-16-18-5-4-6-19(13-18)28(35)36/h1-8,10,12-13,15,20,32-33H,9,11,14,16-17H2,(H,35,36). The van der Waals surface area contributed by atoms with Crippen LogP contribution < -0.4 is 5.32 Å². The molecule has 0 saturated heterocycles. The van der Waals surface area contributed by atoms with Crippen molar-refractivity contribution in [3.8, 4) is 0 Å². The minimum atomic E-state index is -4.72. The molecule has 1 aromatic heterocycles. The molecule has 0 spiro atoms. The van der Waals surface area contributed by atoms with Gasteiger partial charge in [0, 0.05) is 34.1 Å². The molecule has 0 aliphatic heterocycles. The second-order valence-corrected chi connectivity index (χ2v) is 12.2. The number of rotatable bonds is 9. The van der Waals surface area contributed by atoms with Gasteiger partial charge in [-0.25, -0.2) is 17.6 Å². The van der Waals surface area contributed by atoms with Crippen molar-refractivity contribution in [3.05, 3.63) is 100 Å². The van der Waals surface area contributed by atoms with E-state index in [9.17, 15) is 23.1 Å². The lowest BCUT2D eigenvalue weighted by molar-refractivity contribution is -0.127. The highest BCUT2D eigenvalue weighted by molar-refractivity contribution is 7.93. The normalized spacial score (nSPS) is 16.9. The van der Waals surface area contributed by atoms with Crippen LogP contribution in [0.2, 0.25) is 5.02 Å². The van der Waals surface area contributed by atoms with E-state index in [0.717, 1.165) is 16.5 Å². The van der Waals surface area contributed by atoms with E-state index in [0.29, 0.717) is 22.7 Å². The molecule has 202 valence electrons. The molecular formula is C29H26ClFN2O5S. The number of aryl methyl sites for hydroxylation is 1. The summed E-state index contributed by atoms with van der Waals surface area (Å²) in [5.41, 5.74) is 3.10. The Kier molecular flexibility index (Phi) is 7.33. The van der Waals surface area contributed by atoms with Gasteiger partial charge >= 0.3 is 5.97 Å². The molecule has 1 aliphatic carbocycles. The first-order valence-corrected chi connectivity index (χ1v) is 14.3. The molecule has 1 aliphatic rings. The lowest BCUT2D eigenvalue weighted by Gasteiger charge is -2.34. The van der Waals surface area contributed by atoms with Crippen LogP contribution in [0, 0.1) is 5.92 Å². The molecule has 0 fully saturated rings. The second kappa shape index (κ2) is 10.6. The average molecular weight is 569 g/mol. The molecule has 4 aromatic rings. The van der Waals surface area contributed by atoms with E-state index in [4.69, 9.17) is 11.6 Å². The fourth-order valence-electron chi connectivity index (χ4n) is 5.34. The predicted octanol–water partition coefficient (Wildman–Crippen LogP) is 5.12. The Labute approximate surface area is 229 Å². The molecule has 0 amide bonds. The lowest BCUT2D eigenvalue weighted by Crippen LogP contribution is -2.53. The summed E-state index contributed by atoms with van der Waals surface area (Å²) in [6.07, 6.45) is 0.580. The van der Waals surface area contributed by atoms with Crippen molar-refractivity contribution in [2.24, 2.45) is 5.92 Å². The van der Waals surface area contributed by atoms with Gasteiger partial charge in [-0.3, -0.25) is 4.79 Å². The Morgan fingerprint density at radius 1 is 1.08 bits per heavy atom. The number of aromatic nitrogens is 1. The van der Waals surface area contributed by atoms with Gasteiger partial charge in [0.1, 0.15) is 0 Å². The van der Waals surface area contributed by atoms with Crippen LogP contribution in [-0.2, 0) is 34.0 Å². The minimum absolute atomic E-state index is 0.0383. The number of halogens is 2. The van der Waals surface area contributed by atoms with Gasteiger partial charge in [-0.1, -0.05) is 41.9 Å². The Bertz CT molecular complexity index is 1670. The van der Waals surface area contributed by atoms with Crippen LogP contribution in [0.5, 0.6) is 0 Å².